The SMILES string of the molecule is CC(C)(C)OCCC(CCCl)OP(=O)(O)c1nc(Cl)nc(P(=O)(OCCCl)OCCCl)n1. The molecule has 0 aromatic carbocycles. The number of hydrogen-bond donors (Lipinski definition) is 1. The normalized spacial score (nSPS) is 15.5. The molecule has 0 aliphatic heterocycles. The third-order valence-corrected chi connectivity index (χ3v) is 7.18. The van der Waals surface area contributed by atoms with E-state index in [0.29, 0.717) is 0 Å². The maximum Gasteiger partial charge on any atom is 0.398 e. The second kappa shape index (κ2) is 14.1. The number of aromatic nitrogens is 3. The Morgan fingerprint density at radius 1 is 0.906 bits per heavy atom. The number of halogens is 4. The molecule has 0 radical (unpaired) electrons. The highest BCUT2D eigenvalue weighted by atomic mass is 35.5. The molecule has 0 aliphatic carbocycles. The van der Waals surface area contributed by atoms with Crippen LogP contribution in [0, 0.1) is 0 Å². The van der Waals surface area contributed by atoms with Gasteiger partial charge < -0.3 is 18.7 Å². The number of rotatable bonds is 15. The lowest BCUT2D eigenvalue weighted by atomic mass is 10.2. The van der Waals surface area contributed by atoms with E-state index in [4.69, 9.17) is 64.7 Å². The lowest BCUT2D eigenvalue weighted by Crippen LogP contribution is -2.31. The molecular formula is C16H27Cl4N3O7P2. The Hall–Kier alpha value is 0.430. The summed E-state index contributed by atoms with van der Waals surface area (Å²) in [5.41, 5.74) is -1.67. The minimum Gasteiger partial charge on any atom is -0.376 e. The molecule has 1 rings (SSSR count). The predicted octanol–water partition coefficient (Wildman–Crippen LogP) is 3.88. The molecule has 0 saturated carbocycles. The molecule has 2 unspecified atom stereocenters. The van der Waals surface area contributed by atoms with Crippen molar-refractivity contribution in [3.63, 3.8) is 0 Å². The molecule has 1 aromatic rings. The number of nitrogens with zero attached hydrogens (tertiary/aromatic N) is 3. The Balaban J connectivity index is 3.16. The first-order chi connectivity index (χ1) is 14.9. The maximum atomic E-state index is 13.1. The standard InChI is InChI=1S/C16H27Cl4N3O7P2/c1-16(2,3)27-9-5-12(4-6-17)30-31(24,25)14-21-13(20)22-15(23-14)32(26,28-10-7-18)29-11-8-19/h12H,4-11H2,1-3H3,(H,24,25). The monoisotopic (exact) mass is 575 g/mol. The topological polar surface area (TPSA) is 130 Å². The minimum atomic E-state index is -4.63. The maximum absolute atomic E-state index is 13.1. The van der Waals surface area contributed by atoms with Crippen LogP contribution in [0.4, 0.5) is 0 Å². The zero-order chi connectivity index (χ0) is 24.4. The van der Waals surface area contributed by atoms with Crippen LogP contribution < -0.4 is 11.1 Å². The fourth-order valence-electron chi connectivity index (χ4n) is 2.16. The van der Waals surface area contributed by atoms with Gasteiger partial charge in [-0.25, -0.2) is 0 Å². The number of ether oxygens (including phenoxy) is 1. The molecule has 1 N–H and O–H groups in total. The van der Waals surface area contributed by atoms with Crippen LogP contribution in [0.5, 0.6) is 0 Å². The Bertz CT molecular complexity index is 804. The largest absolute Gasteiger partial charge is 0.398 e. The summed E-state index contributed by atoms with van der Waals surface area (Å²) in [4.78, 5) is 21.7. The van der Waals surface area contributed by atoms with Crippen LogP contribution in [0.1, 0.15) is 33.6 Å². The second-order valence-corrected chi connectivity index (χ2v) is 12.3. The molecule has 0 aliphatic rings. The summed E-state index contributed by atoms with van der Waals surface area (Å²) in [5.74, 6) is 0.174. The molecule has 0 amide bonds. The van der Waals surface area contributed by atoms with Crippen LogP contribution in [0.15, 0.2) is 0 Å². The van der Waals surface area contributed by atoms with Gasteiger partial charge in [-0.15, -0.1) is 34.8 Å². The summed E-state index contributed by atoms with van der Waals surface area (Å²) < 4.78 is 47.4. The lowest BCUT2D eigenvalue weighted by molar-refractivity contribution is -0.0164. The Kier molecular flexibility index (Phi) is 13.4. The Labute approximate surface area is 207 Å². The quantitative estimate of drug-likeness (QED) is 0.242. The molecule has 10 nitrogen and oxygen atoms in total. The van der Waals surface area contributed by atoms with Crippen LogP contribution in [-0.2, 0) is 27.4 Å². The summed E-state index contributed by atoms with van der Waals surface area (Å²) in [6.07, 6.45) is -0.186. The van der Waals surface area contributed by atoms with E-state index in [0.717, 1.165) is 0 Å². The van der Waals surface area contributed by atoms with Gasteiger partial charge in [-0.2, -0.15) is 15.0 Å². The molecular weight excluding hydrogens is 550 g/mol. The van der Waals surface area contributed by atoms with Gasteiger partial charge in [0.25, 0.3) is 0 Å². The van der Waals surface area contributed by atoms with E-state index in [1.807, 2.05) is 20.8 Å². The summed E-state index contributed by atoms with van der Waals surface area (Å²) in [5, 5.41) is -0.503. The van der Waals surface area contributed by atoms with Gasteiger partial charge in [0.1, 0.15) is 0 Å². The van der Waals surface area contributed by atoms with Gasteiger partial charge in [-0.1, -0.05) is 0 Å². The first-order valence-electron chi connectivity index (χ1n) is 9.51. The van der Waals surface area contributed by atoms with Gasteiger partial charge >= 0.3 is 15.2 Å². The highest BCUT2D eigenvalue weighted by Crippen LogP contribution is 2.47. The smallest absolute Gasteiger partial charge is 0.376 e. The van der Waals surface area contributed by atoms with Crippen molar-refractivity contribution in [2.75, 3.05) is 37.5 Å². The molecule has 186 valence electrons. The van der Waals surface area contributed by atoms with Crippen LogP contribution in [0.2, 0.25) is 5.28 Å². The van der Waals surface area contributed by atoms with Gasteiger partial charge in [0.15, 0.2) is 0 Å². The molecule has 2 atom stereocenters. The van der Waals surface area contributed by atoms with Crippen molar-refractivity contribution in [2.45, 2.75) is 45.3 Å². The zero-order valence-electron chi connectivity index (χ0n) is 17.9. The predicted molar refractivity (Wildman–Crippen MR) is 125 cm³/mol. The van der Waals surface area contributed by atoms with Crippen LogP contribution >= 0.6 is 61.6 Å². The van der Waals surface area contributed by atoms with E-state index in [1.165, 1.54) is 0 Å². The molecule has 1 aromatic heterocycles. The highest BCUT2D eigenvalue weighted by Gasteiger charge is 2.37. The van der Waals surface area contributed by atoms with E-state index < -0.39 is 43.3 Å². The zero-order valence-corrected chi connectivity index (χ0v) is 22.7. The van der Waals surface area contributed by atoms with E-state index in [9.17, 15) is 14.0 Å². The molecule has 0 fully saturated rings. The third-order valence-electron chi connectivity index (χ3n) is 3.46. The van der Waals surface area contributed by atoms with Crippen molar-refractivity contribution in [2.24, 2.45) is 0 Å². The fourth-order valence-corrected chi connectivity index (χ4v) is 5.68. The summed E-state index contributed by atoms with van der Waals surface area (Å²) >= 11 is 22.9. The van der Waals surface area contributed by atoms with E-state index in [2.05, 4.69) is 15.0 Å². The summed E-state index contributed by atoms with van der Waals surface area (Å²) in [6, 6.07) is 0. The average molecular weight is 577 g/mol. The van der Waals surface area contributed by atoms with Gasteiger partial charge in [-0.3, -0.25) is 13.7 Å². The van der Waals surface area contributed by atoms with Gasteiger partial charge in [0.05, 0.1) is 24.9 Å². The Morgan fingerprint density at radius 2 is 1.47 bits per heavy atom. The Morgan fingerprint density at radius 3 is 1.97 bits per heavy atom. The molecule has 0 saturated heterocycles. The van der Waals surface area contributed by atoms with Crippen molar-refractivity contribution in [3.8, 4) is 0 Å². The van der Waals surface area contributed by atoms with Gasteiger partial charge in [0.2, 0.25) is 16.4 Å². The van der Waals surface area contributed by atoms with Crippen molar-refractivity contribution in [1.29, 1.82) is 0 Å². The first kappa shape index (κ1) is 30.5. The van der Waals surface area contributed by atoms with Crippen molar-refractivity contribution < 1.29 is 32.3 Å². The highest BCUT2D eigenvalue weighted by molar-refractivity contribution is 7.62. The second-order valence-electron chi connectivity index (χ2n) is 7.22. The number of alkyl halides is 3. The summed E-state index contributed by atoms with van der Waals surface area (Å²) in [6.45, 7) is 5.57. The van der Waals surface area contributed by atoms with Crippen LogP contribution in [0.25, 0.3) is 0 Å². The van der Waals surface area contributed by atoms with E-state index in [1.54, 1.807) is 0 Å². The number of hydrogen-bond acceptors (Lipinski definition) is 9. The van der Waals surface area contributed by atoms with Gasteiger partial charge in [0, 0.05) is 24.2 Å². The molecule has 0 bridgehead atoms. The molecule has 32 heavy (non-hydrogen) atoms. The van der Waals surface area contributed by atoms with Crippen LogP contribution in [-0.4, -0.2) is 69.0 Å². The van der Waals surface area contributed by atoms with Crippen molar-refractivity contribution >= 4 is 72.7 Å². The molecule has 1 heterocycles. The third kappa shape index (κ3) is 10.8. The van der Waals surface area contributed by atoms with Crippen molar-refractivity contribution in [1.82, 2.24) is 15.0 Å². The molecule has 16 heteroatoms. The van der Waals surface area contributed by atoms with Crippen molar-refractivity contribution in [3.05, 3.63) is 5.28 Å². The van der Waals surface area contributed by atoms with E-state index >= 15 is 0 Å². The fraction of sp³-hybridized carbons (Fsp3) is 0.812. The van der Waals surface area contributed by atoms with E-state index in [-0.39, 0.29) is 50.3 Å². The van der Waals surface area contributed by atoms with Crippen LogP contribution in [0.3, 0.4) is 0 Å². The lowest BCUT2D eigenvalue weighted by Gasteiger charge is -2.23. The summed E-state index contributed by atoms with van der Waals surface area (Å²) in [7, 11) is -8.79. The minimum absolute atomic E-state index is 0.00174. The average Bonchev–Trinajstić information content (AvgIpc) is 2.69. The molecule has 0 spiro atoms. The first-order valence-corrected chi connectivity index (χ1v) is 14.6. The van der Waals surface area contributed by atoms with Gasteiger partial charge in [-0.05, 0) is 45.2 Å².